The normalized spacial score (nSPS) is 24.1. The number of likely N-dealkylation sites (tertiary alicyclic amines) is 1. The van der Waals surface area contributed by atoms with Gasteiger partial charge in [0.1, 0.15) is 0 Å². The van der Waals surface area contributed by atoms with Gasteiger partial charge in [-0.25, -0.2) is 0 Å². The van der Waals surface area contributed by atoms with Crippen LogP contribution in [0.1, 0.15) is 51.5 Å². The van der Waals surface area contributed by atoms with Crippen molar-refractivity contribution in [2.24, 2.45) is 0 Å². The number of rotatable bonds is 5. The Morgan fingerprint density at radius 3 is 2.60 bits per heavy atom. The summed E-state index contributed by atoms with van der Waals surface area (Å²) in [4.78, 5) is 2.62. The lowest BCUT2D eigenvalue weighted by molar-refractivity contribution is 0.112. The Morgan fingerprint density at radius 2 is 1.95 bits per heavy atom. The first-order chi connectivity index (χ1) is 9.69. The highest BCUT2D eigenvalue weighted by Crippen LogP contribution is 2.28. The fourth-order valence-corrected chi connectivity index (χ4v) is 3.43. The zero-order valence-electron chi connectivity index (χ0n) is 13.0. The highest BCUT2D eigenvalue weighted by atomic mass is 16.3. The topological polar surface area (TPSA) is 23.5 Å². The number of hydrogen-bond donors (Lipinski definition) is 1. The molecule has 1 aliphatic rings. The van der Waals surface area contributed by atoms with E-state index in [1.54, 1.807) is 0 Å². The number of aliphatic hydroxyl groups is 1. The van der Waals surface area contributed by atoms with E-state index in [-0.39, 0.29) is 12.0 Å². The Labute approximate surface area is 123 Å². The largest absolute Gasteiger partial charge is 0.395 e. The molecule has 2 atom stereocenters. The molecule has 1 fully saturated rings. The lowest BCUT2D eigenvalue weighted by atomic mass is 9.82. The zero-order chi connectivity index (χ0) is 14.4. The smallest absolute Gasteiger partial charge is 0.0537 e. The number of nitrogens with zero attached hydrogens (tertiary/aromatic N) is 1. The van der Waals surface area contributed by atoms with E-state index in [1.807, 2.05) is 6.07 Å². The van der Waals surface area contributed by atoms with Crippen LogP contribution in [0.2, 0.25) is 0 Å². The van der Waals surface area contributed by atoms with Crippen molar-refractivity contribution in [2.75, 3.05) is 19.7 Å². The molecule has 0 aromatic heterocycles. The summed E-state index contributed by atoms with van der Waals surface area (Å²) in [5.74, 6) is 0. The molecule has 1 aliphatic heterocycles. The first-order valence-corrected chi connectivity index (χ1v) is 8.10. The lowest BCUT2D eigenvalue weighted by Gasteiger charge is -2.38. The second-order valence-corrected chi connectivity index (χ2v) is 6.47. The molecule has 0 radical (unpaired) electrons. The molecule has 0 amide bonds. The molecule has 0 spiro atoms. The van der Waals surface area contributed by atoms with Gasteiger partial charge in [0.15, 0.2) is 0 Å². The van der Waals surface area contributed by atoms with Gasteiger partial charge in [-0.05, 0) is 31.4 Å². The van der Waals surface area contributed by atoms with E-state index < -0.39 is 0 Å². The summed E-state index contributed by atoms with van der Waals surface area (Å²) in [6.07, 6.45) is 6.54. The fraction of sp³-hybridized carbons (Fsp3) is 0.667. The number of aliphatic hydroxyl groups excluding tert-OH is 1. The quantitative estimate of drug-likeness (QED) is 0.887. The molecule has 0 bridgehead atoms. The van der Waals surface area contributed by atoms with E-state index in [2.05, 4.69) is 43.0 Å². The molecule has 1 N–H and O–H groups in total. The van der Waals surface area contributed by atoms with E-state index in [9.17, 15) is 5.11 Å². The minimum atomic E-state index is -0.154. The Morgan fingerprint density at radius 1 is 1.20 bits per heavy atom. The molecule has 2 rings (SSSR count). The third-order valence-corrected chi connectivity index (χ3v) is 4.84. The molecular weight excluding hydrogens is 246 g/mol. The van der Waals surface area contributed by atoms with Crippen molar-refractivity contribution in [2.45, 2.75) is 57.4 Å². The maximum Gasteiger partial charge on any atom is 0.0537 e. The van der Waals surface area contributed by atoms with Crippen molar-refractivity contribution >= 4 is 0 Å². The van der Waals surface area contributed by atoms with Crippen LogP contribution in [0, 0.1) is 0 Å². The summed E-state index contributed by atoms with van der Waals surface area (Å²) >= 11 is 0. The maximum absolute atomic E-state index is 9.97. The molecular formula is C18H29NO. The summed E-state index contributed by atoms with van der Waals surface area (Å²) in [6, 6.07) is 11.2. The van der Waals surface area contributed by atoms with E-state index in [4.69, 9.17) is 0 Å². The summed E-state index contributed by atoms with van der Waals surface area (Å²) in [6.45, 7) is 6.85. The second-order valence-electron chi connectivity index (χ2n) is 6.47. The first kappa shape index (κ1) is 15.5. The molecule has 1 saturated heterocycles. The van der Waals surface area contributed by atoms with Gasteiger partial charge in [0.25, 0.3) is 0 Å². The van der Waals surface area contributed by atoms with Crippen LogP contribution in [-0.2, 0) is 5.41 Å². The van der Waals surface area contributed by atoms with Gasteiger partial charge in [-0.3, -0.25) is 4.90 Å². The average Bonchev–Trinajstić information content (AvgIpc) is 2.73. The number of benzene rings is 1. The summed E-state index contributed by atoms with van der Waals surface area (Å²) in [7, 11) is 0. The van der Waals surface area contributed by atoms with Crippen molar-refractivity contribution in [1.29, 1.82) is 0 Å². The van der Waals surface area contributed by atoms with Gasteiger partial charge in [-0.1, -0.05) is 57.0 Å². The monoisotopic (exact) mass is 275 g/mol. The van der Waals surface area contributed by atoms with Gasteiger partial charge in [0, 0.05) is 18.0 Å². The SMILES string of the molecule is CCC1CCCCCN1CC(C)(CO)c1ccccc1. The Hall–Kier alpha value is -0.860. The fourth-order valence-electron chi connectivity index (χ4n) is 3.43. The first-order valence-electron chi connectivity index (χ1n) is 8.10. The summed E-state index contributed by atoms with van der Waals surface area (Å²) < 4.78 is 0. The van der Waals surface area contributed by atoms with Crippen LogP contribution in [0.25, 0.3) is 0 Å². The molecule has 2 unspecified atom stereocenters. The van der Waals surface area contributed by atoms with E-state index >= 15 is 0 Å². The van der Waals surface area contributed by atoms with Gasteiger partial charge in [0.05, 0.1) is 6.61 Å². The number of hydrogen-bond acceptors (Lipinski definition) is 2. The predicted molar refractivity (Wildman–Crippen MR) is 85.0 cm³/mol. The highest BCUT2D eigenvalue weighted by Gasteiger charge is 2.31. The van der Waals surface area contributed by atoms with Gasteiger partial charge >= 0.3 is 0 Å². The van der Waals surface area contributed by atoms with E-state index in [0.29, 0.717) is 6.04 Å². The molecule has 0 saturated carbocycles. The highest BCUT2D eigenvalue weighted by molar-refractivity contribution is 5.25. The van der Waals surface area contributed by atoms with E-state index in [0.717, 1.165) is 6.54 Å². The zero-order valence-corrected chi connectivity index (χ0v) is 13.0. The van der Waals surface area contributed by atoms with Gasteiger partial charge in [-0.2, -0.15) is 0 Å². The van der Waals surface area contributed by atoms with Crippen LogP contribution in [0.5, 0.6) is 0 Å². The van der Waals surface area contributed by atoms with Crippen molar-refractivity contribution < 1.29 is 5.11 Å². The summed E-state index contributed by atoms with van der Waals surface area (Å²) in [5, 5.41) is 9.97. The van der Waals surface area contributed by atoms with Crippen molar-refractivity contribution in [1.82, 2.24) is 4.90 Å². The van der Waals surface area contributed by atoms with Gasteiger partial charge in [-0.15, -0.1) is 0 Å². The third kappa shape index (κ3) is 3.62. The van der Waals surface area contributed by atoms with Gasteiger partial charge in [0.2, 0.25) is 0 Å². The molecule has 1 aromatic carbocycles. The van der Waals surface area contributed by atoms with Crippen molar-refractivity contribution in [3.05, 3.63) is 35.9 Å². The Balaban J connectivity index is 2.15. The Bertz CT molecular complexity index is 392. The molecule has 20 heavy (non-hydrogen) atoms. The summed E-state index contributed by atoms with van der Waals surface area (Å²) in [5.41, 5.74) is 1.10. The molecule has 0 aliphatic carbocycles. The standard InChI is InChI=1S/C18H29NO/c1-3-17-12-8-5-9-13-19(17)14-18(2,15-20)16-10-6-4-7-11-16/h4,6-7,10-11,17,20H,3,5,8-9,12-15H2,1-2H3. The average molecular weight is 275 g/mol. The molecule has 1 aromatic rings. The Kier molecular flexibility index (Phi) is 5.62. The molecule has 112 valence electrons. The molecule has 1 heterocycles. The maximum atomic E-state index is 9.97. The van der Waals surface area contributed by atoms with Crippen LogP contribution in [-0.4, -0.2) is 35.7 Å². The van der Waals surface area contributed by atoms with E-state index in [1.165, 1.54) is 44.2 Å². The van der Waals surface area contributed by atoms with Crippen LogP contribution in [0.4, 0.5) is 0 Å². The van der Waals surface area contributed by atoms with Crippen LogP contribution in [0.3, 0.4) is 0 Å². The predicted octanol–water partition coefficient (Wildman–Crippen LogP) is 3.59. The molecule has 2 heteroatoms. The lowest BCUT2D eigenvalue weighted by Crippen LogP contribution is -2.46. The second kappa shape index (κ2) is 7.24. The van der Waals surface area contributed by atoms with Crippen LogP contribution < -0.4 is 0 Å². The third-order valence-electron chi connectivity index (χ3n) is 4.84. The van der Waals surface area contributed by atoms with Crippen LogP contribution in [0.15, 0.2) is 30.3 Å². The van der Waals surface area contributed by atoms with Crippen LogP contribution >= 0.6 is 0 Å². The van der Waals surface area contributed by atoms with Crippen molar-refractivity contribution in [3.63, 3.8) is 0 Å². The molecule has 2 nitrogen and oxygen atoms in total. The minimum Gasteiger partial charge on any atom is -0.395 e. The van der Waals surface area contributed by atoms with Gasteiger partial charge < -0.3 is 5.11 Å². The van der Waals surface area contributed by atoms with Crippen molar-refractivity contribution in [3.8, 4) is 0 Å². The minimum absolute atomic E-state index is 0.154.